The van der Waals surface area contributed by atoms with E-state index in [4.69, 9.17) is 9.15 Å². The Balaban J connectivity index is 1.61. The van der Waals surface area contributed by atoms with Crippen LogP contribution in [0.1, 0.15) is 36.8 Å². The van der Waals surface area contributed by atoms with Crippen molar-refractivity contribution in [3.05, 3.63) is 117 Å². The third-order valence-electron chi connectivity index (χ3n) is 6.29. The molecule has 0 fully saturated rings. The van der Waals surface area contributed by atoms with Crippen molar-refractivity contribution in [2.75, 3.05) is 6.61 Å². The van der Waals surface area contributed by atoms with Gasteiger partial charge >= 0.3 is 5.97 Å². The van der Waals surface area contributed by atoms with Crippen LogP contribution in [0.25, 0.3) is 17.4 Å². The minimum absolute atomic E-state index is 0.000486. The fraction of sp³-hybridized carbons (Fsp3) is 0.179. The monoisotopic (exact) mass is 607 g/mol. The van der Waals surface area contributed by atoms with E-state index in [0.29, 0.717) is 43.3 Å². The van der Waals surface area contributed by atoms with Gasteiger partial charge in [-0.05, 0) is 50.6 Å². The minimum Gasteiger partial charge on any atom is -0.463 e. The van der Waals surface area contributed by atoms with E-state index in [1.54, 1.807) is 51.1 Å². The van der Waals surface area contributed by atoms with Crippen LogP contribution in [0.2, 0.25) is 0 Å². The van der Waals surface area contributed by atoms with Crippen LogP contribution >= 0.6 is 27.3 Å². The van der Waals surface area contributed by atoms with Gasteiger partial charge < -0.3 is 9.15 Å². The van der Waals surface area contributed by atoms with E-state index < -0.39 is 16.9 Å². The summed E-state index contributed by atoms with van der Waals surface area (Å²) in [4.78, 5) is 42.6. The summed E-state index contributed by atoms with van der Waals surface area (Å²) in [5.74, 6) is 0.314. The van der Waals surface area contributed by atoms with Gasteiger partial charge in [-0.25, -0.2) is 9.79 Å². The number of aromatic nitrogens is 1. The zero-order valence-corrected chi connectivity index (χ0v) is 23.5. The molecule has 0 spiro atoms. The van der Waals surface area contributed by atoms with Gasteiger partial charge in [0.1, 0.15) is 11.5 Å². The van der Waals surface area contributed by atoms with E-state index in [0.717, 1.165) is 10.0 Å². The molecular formula is C28H22BrN3O6S. The Morgan fingerprint density at radius 2 is 1.95 bits per heavy atom. The normalized spacial score (nSPS) is 15.2. The number of aryl methyl sites for hydroxylation is 1. The number of fused-ring (bicyclic) bond motifs is 1. The number of nitro benzene ring substituents is 1. The molecule has 11 heteroatoms. The summed E-state index contributed by atoms with van der Waals surface area (Å²) in [5.41, 5.74) is 2.30. The highest BCUT2D eigenvalue weighted by Gasteiger charge is 2.33. The van der Waals surface area contributed by atoms with Crippen molar-refractivity contribution >= 4 is 45.0 Å². The number of carbonyl (C=O) groups excluding carboxylic acids is 1. The summed E-state index contributed by atoms with van der Waals surface area (Å²) in [5, 5.41) is 11.3. The first-order valence-electron chi connectivity index (χ1n) is 12.0. The number of thiazole rings is 1. The van der Waals surface area contributed by atoms with Gasteiger partial charge in [0.25, 0.3) is 11.2 Å². The molecule has 39 heavy (non-hydrogen) atoms. The lowest BCUT2D eigenvalue weighted by molar-refractivity contribution is -0.385. The summed E-state index contributed by atoms with van der Waals surface area (Å²) in [6, 6.07) is 15.0. The summed E-state index contributed by atoms with van der Waals surface area (Å²) in [6.07, 6.45) is 1.61. The molecule has 0 saturated heterocycles. The van der Waals surface area contributed by atoms with Crippen LogP contribution in [0.4, 0.5) is 5.69 Å². The second-order valence-corrected chi connectivity index (χ2v) is 10.7. The quantitative estimate of drug-likeness (QED) is 0.172. The van der Waals surface area contributed by atoms with Crippen molar-refractivity contribution in [2.24, 2.45) is 4.99 Å². The van der Waals surface area contributed by atoms with Gasteiger partial charge in [-0.1, -0.05) is 51.5 Å². The molecule has 9 nitrogen and oxygen atoms in total. The zero-order valence-electron chi connectivity index (χ0n) is 21.1. The van der Waals surface area contributed by atoms with Gasteiger partial charge in [-0.15, -0.1) is 0 Å². The fourth-order valence-electron chi connectivity index (χ4n) is 4.43. The third kappa shape index (κ3) is 5.02. The Morgan fingerprint density at radius 1 is 1.21 bits per heavy atom. The molecule has 198 valence electrons. The Morgan fingerprint density at radius 3 is 2.64 bits per heavy atom. The van der Waals surface area contributed by atoms with Crippen molar-refractivity contribution in [3.63, 3.8) is 0 Å². The largest absolute Gasteiger partial charge is 0.463 e. The van der Waals surface area contributed by atoms with E-state index in [2.05, 4.69) is 20.9 Å². The number of esters is 1. The number of halogens is 1. The van der Waals surface area contributed by atoms with Crippen molar-refractivity contribution in [2.45, 2.75) is 26.8 Å². The predicted molar refractivity (Wildman–Crippen MR) is 150 cm³/mol. The average molecular weight is 608 g/mol. The Bertz CT molecular complexity index is 1830. The molecule has 1 aliphatic heterocycles. The number of hydrogen-bond donors (Lipinski definition) is 0. The number of nitro groups is 1. The van der Waals surface area contributed by atoms with Crippen molar-refractivity contribution < 1.29 is 18.9 Å². The smallest absolute Gasteiger partial charge is 0.338 e. The Labute approximate surface area is 234 Å². The molecule has 0 N–H and O–H groups in total. The van der Waals surface area contributed by atoms with E-state index in [1.165, 1.54) is 22.0 Å². The molecule has 5 rings (SSSR count). The van der Waals surface area contributed by atoms with Gasteiger partial charge in [0.15, 0.2) is 4.80 Å². The molecule has 1 atom stereocenters. The molecule has 2 aromatic carbocycles. The van der Waals surface area contributed by atoms with Crippen LogP contribution in [0.15, 0.2) is 84.5 Å². The number of allylic oxidation sites excluding steroid dienone is 1. The molecular weight excluding hydrogens is 586 g/mol. The second-order valence-electron chi connectivity index (χ2n) is 8.81. The maximum absolute atomic E-state index is 13.7. The van der Waals surface area contributed by atoms with Crippen molar-refractivity contribution in [3.8, 4) is 11.3 Å². The van der Waals surface area contributed by atoms with E-state index >= 15 is 0 Å². The predicted octanol–water partition coefficient (Wildman–Crippen LogP) is 5.04. The molecule has 0 amide bonds. The minimum atomic E-state index is -0.712. The lowest BCUT2D eigenvalue weighted by atomic mass is 9.96. The topological polar surface area (TPSA) is 117 Å². The summed E-state index contributed by atoms with van der Waals surface area (Å²) in [6.45, 7) is 5.32. The maximum atomic E-state index is 13.7. The van der Waals surface area contributed by atoms with Crippen molar-refractivity contribution in [1.82, 2.24) is 4.57 Å². The average Bonchev–Trinajstić information content (AvgIpc) is 3.48. The van der Waals surface area contributed by atoms with E-state index in [1.807, 2.05) is 24.3 Å². The van der Waals surface area contributed by atoms with Crippen LogP contribution in [0.5, 0.6) is 0 Å². The highest BCUT2D eigenvalue weighted by atomic mass is 79.9. The van der Waals surface area contributed by atoms with Gasteiger partial charge in [0.05, 0.1) is 33.4 Å². The van der Waals surface area contributed by atoms with Crippen LogP contribution in [0.3, 0.4) is 0 Å². The molecule has 4 aromatic rings. The van der Waals surface area contributed by atoms with Gasteiger partial charge in [0, 0.05) is 27.7 Å². The van der Waals surface area contributed by atoms with Crippen molar-refractivity contribution in [1.29, 1.82) is 0 Å². The van der Waals surface area contributed by atoms with E-state index in [-0.39, 0.29) is 17.9 Å². The summed E-state index contributed by atoms with van der Waals surface area (Å²) < 4.78 is 14.0. The van der Waals surface area contributed by atoms with Crippen LogP contribution in [-0.2, 0) is 9.53 Å². The fourth-order valence-corrected chi connectivity index (χ4v) is 5.72. The molecule has 2 aromatic heterocycles. The number of ether oxygens (including phenoxy) is 1. The molecule has 0 aliphatic carbocycles. The Kier molecular flexibility index (Phi) is 7.19. The van der Waals surface area contributed by atoms with Gasteiger partial charge in [-0.3, -0.25) is 19.5 Å². The number of hydrogen-bond acceptors (Lipinski definition) is 8. The zero-order chi connectivity index (χ0) is 27.8. The number of carbonyl (C=O) groups is 1. The molecule has 0 unspecified atom stereocenters. The first kappa shape index (κ1) is 26.5. The molecule has 0 radical (unpaired) electrons. The lowest BCUT2D eigenvalue weighted by Crippen LogP contribution is -2.39. The van der Waals surface area contributed by atoms with Gasteiger partial charge in [0.2, 0.25) is 0 Å². The molecule has 0 saturated carbocycles. The third-order valence-corrected chi connectivity index (χ3v) is 7.80. The van der Waals surface area contributed by atoms with Crippen LogP contribution in [-0.4, -0.2) is 22.1 Å². The molecule has 1 aliphatic rings. The van der Waals surface area contributed by atoms with E-state index in [9.17, 15) is 19.7 Å². The highest BCUT2D eigenvalue weighted by Crippen LogP contribution is 2.32. The maximum Gasteiger partial charge on any atom is 0.338 e. The second kappa shape index (κ2) is 10.6. The first-order chi connectivity index (χ1) is 18.7. The summed E-state index contributed by atoms with van der Waals surface area (Å²) in [7, 11) is 0. The number of nitrogens with zero attached hydrogens (tertiary/aromatic N) is 3. The first-order valence-corrected chi connectivity index (χ1v) is 13.6. The standard InChI is InChI=1S/C28H22BrN3O6S/c1-4-37-27(34)24-16(3)30-28-31(25(24)17-7-9-19(29)10-8-17)26(33)23(39-28)14-20-11-12-22(38-20)18-6-5-15(2)21(13-18)32(35)36/h5-14,25H,4H2,1-3H3/b23-14-/t25-/m1/s1. The van der Waals surface area contributed by atoms with Crippen LogP contribution < -0.4 is 14.9 Å². The lowest BCUT2D eigenvalue weighted by Gasteiger charge is -2.24. The Hall–Kier alpha value is -4.09. The SMILES string of the molecule is CCOC(=O)C1=C(C)N=c2s/c(=C\c3ccc(-c4ccc(C)c([N+](=O)[O-])c4)o3)c(=O)n2[C@@H]1c1ccc(Br)cc1. The highest BCUT2D eigenvalue weighted by molar-refractivity contribution is 9.10. The summed E-state index contributed by atoms with van der Waals surface area (Å²) >= 11 is 4.62. The molecule has 0 bridgehead atoms. The molecule has 3 heterocycles. The number of benzene rings is 2. The number of rotatable bonds is 6. The van der Waals surface area contributed by atoms with Gasteiger partial charge in [-0.2, -0.15) is 0 Å². The van der Waals surface area contributed by atoms with Crippen LogP contribution in [0, 0.1) is 17.0 Å². The number of furan rings is 1.